The normalized spacial score (nSPS) is 18.5. The molecular weight excluding hydrogens is 268 g/mol. The van der Waals surface area contributed by atoms with Gasteiger partial charge in [-0.15, -0.1) is 11.3 Å². The Kier molecular flexibility index (Phi) is 2.84. The summed E-state index contributed by atoms with van der Waals surface area (Å²) in [5, 5.41) is 4.34. The third-order valence-corrected chi connectivity index (χ3v) is 5.08. The van der Waals surface area contributed by atoms with Gasteiger partial charge in [0.25, 0.3) is 0 Å². The molecule has 2 saturated carbocycles. The molecule has 2 aliphatic carbocycles. The second-order valence-electron chi connectivity index (χ2n) is 6.02. The predicted octanol–water partition coefficient (Wildman–Crippen LogP) is 3.42. The summed E-state index contributed by atoms with van der Waals surface area (Å²) in [6.07, 6.45) is 5.41. The van der Waals surface area contributed by atoms with E-state index >= 15 is 0 Å². The van der Waals surface area contributed by atoms with Gasteiger partial charge in [-0.3, -0.25) is 0 Å². The maximum atomic E-state index is 4.79. The van der Waals surface area contributed by atoms with Crippen LogP contribution in [-0.4, -0.2) is 29.6 Å². The fourth-order valence-corrected chi connectivity index (χ4v) is 3.60. The van der Waals surface area contributed by atoms with Crippen molar-refractivity contribution >= 4 is 33.3 Å². The van der Waals surface area contributed by atoms with E-state index < -0.39 is 0 Å². The first-order chi connectivity index (χ1) is 9.74. The van der Waals surface area contributed by atoms with Gasteiger partial charge in [-0.2, -0.15) is 4.98 Å². The molecule has 0 spiro atoms. The molecule has 4 rings (SSSR count). The summed E-state index contributed by atoms with van der Waals surface area (Å²) in [7, 11) is 1.90. The number of aryl methyl sites for hydroxylation is 1. The lowest BCUT2D eigenvalue weighted by Gasteiger charge is -2.24. The van der Waals surface area contributed by atoms with Gasteiger partial charge in [0.05, 0.1) is 5.39 Å². The van der Waals surface area contributed by atoms with Crippen LogP contribution < -0.4 is 10.2 Å². The minimum absolute atomic E-state index is 0.707. The van der Waals surface area contributed by atoms with Gasteiger partial charge in [0, 0.05) is 24.5 Å². The SMILES string of the molecule is CNc1nc(N(CC2CC2)C2CC2)c2cc(C)sc2n1. The van der Waals surface area contributed by atoms with Crippen molar-refractivity contribution < 1.29 is 0 Å². The van der Waals surface area contributed by atoms with Gasteiger partial charge in [0.15, 0.2) is 0 Å². The van der Waals surface area contributed by atoms with Gasteiger partial charge in [-0.25, -0.2) is 4.98 Å². The first kappa shape index (κ1) is 12.4. The summed E-state index contributed by atoms with van der Waals surface area (Å²) < 4.78 is 0. The van der Waals surface area contributed by atoms with E-state index in [1.54, 1.807) is 11.3 Å². The van der Waals surface area contributed by atoms with E-state index in [9.17, 15) is 0 Å². The molecule has 0 amide bonds. The molecule has 106 valence electrons. The van der Waals surface area contributed by atoms with Gasteiger partial charge in [-0.1, -0.05) is 0 Å². The highest BCUT2D eigenvalue weighted by Crippen LogP contribution is 2.40. The highest BCUT2D eigenvalue weighted by molar-refractivity contribution is 7.18. The molecule has 5 heteroatoms. The maximum absolute atomic E-state index is 4.79. The number of rotatable bonds is 5. The summed E-state index contributed by atoms with van der Waals surface area (Å²) in [6.45, 7) is 3.33. The van der Waals surface area contributed by atoms with Crippen molar-refractivity contribution in [1.82, 2.24) is 9.97 Å². The van der Waals surface area contributed by atoms with E-state index in [0.29, 0.717) is 6.04 Å². The fourth-order valence-electron chi connectivity index (χ4n) is 2.73. The Morgan fingerprint density at radius 1 is 1.30 bits per heavy atom. The van der Waals surface area contributed by atoms with E-state index in [0.717, 1.165) is 22.5 Å². The minimum Gasteiger partial charge on any atom is -0.357 e. The lowest BCUT2D eigenvalue weighted by atomic mass is 10.3. The van der Waals surface area contributed by atoms with Gasteiger partial charge < -0.3 is 10.2 Å². The highest BCUT2D eigenvalue weighted by Gasteiger charge is 2.35. The van der Waals surface area contributed by atoms with Crippen LogP contribution in [0.2, 0.25) is 0 Å². The van der Waals surface area contributed by atoms with Crippen LogP contribution in [0.25, 0.3) is 10.2 Å². The molecule has 2 heterocycles. The zero-order valence-electron chi connectivity index (χ0n) is 12.0. The van der Waals surface area contributed by atoms with Crippen molar-refractivity contribution in [2.75, 3.05) is 23.8 Å². The zero-order valence-corrected chi connectivity index (χ0v) is 12.8. The van der Waals surface area contributed by atoms with Crippen LogP contribution in [-0.2, 0) is 0 Å². The van der Waals surface area contributed by atoms with E-state index in [-0.39, 0.29) is 0 Å². The number of aromatic nitrogens is 2. The van der Waals surface area contributed by atoms with Crippen molar-refractivity contribution in [2.24, 2.45) is 5.92 Å². The number of nitrogens with zero attached hydrogens (tertiary/aromatic N) is 3. The molecule has 2 fully saturated rings. The Hall–Kier alpha value is -1.36. The third kappa shape index (κ3) is 2.24. The quantitative estimate of drug-likeness (QED) is 0.915. The van der Waals surface area contributed by atoms with Crippen molar-refractivity contribution in [3.8, 4) is 0 Å². The van der Waals surface area contributed by atoms with E-state index in [1.807, 2.05) is 7.05 Å². The highest BCUT2D eigenvalue weighted by atomic mass is 32.1. The Morgan fingerprint density at radius 2 is 2.10 bits per heavy atom. The first-order valence-corrected chi connectivity index (χ1v) is 8.29. The smallest absolute Gasteiger partial charge is 0.225 e. The van der Waals surface area contributed by atoms with Crippen LogP contribution in [0, 0.1) is 12.8 Å². The average molecular weight is 288 g/mol. The number of nitrogens with one attached hydrogen (secondary N) is 1. The molecule has 0 aromatic carbocycles. The number of anilines is 2. The number of hydrogen-bond donors (Lipinski definition) is 1. The molecule has 2 aromatic rings. The Bertz CT molecular complexity index is 643. The lowest BCUT2D eigenvalue weighted by molar-refractivity contribution is 0.711. The number of fused-ring (bicyclic) bond motifs is 1. The molecule has 0 bridgehead atoms. The second kappa shape index (κ2) is 4.58. The molecule has 2 aromatic heterocycles. The second-order valence-corrected chi connectivity index (χ2v) is 7.26. The Labute approximate surface area is 123 Å². The number of hydrogen-bond acceptors (Lipinski definition) is 5. The zero-order chi connectivity index (χ0) is 13.7. The fraction of sp³-hybridized carbons (Fsp3) is 0.600. The summed E-state index contributed by atoms with van der Waals surface area (Å²) in [5.41, 5.74) is 0. The molecule has 4 nitrogen and oxygen atoms in total. The average Bonchev–Trinajstić information content (AvgIpc) is 3.32. The van der Waals surface area contributed by atoms with Gasteiger partial charge in [0.2, 0.25) is 5.95 Å². The third-order valence-electron chi connectivity index (χ3n) is 4.13. The Morgan fingerprint density at radius 3 is 2.75 bits per heavy atom. The van der Waals surface area contributed by atoms with Crippen LogP contribution in [0.4, 0.5) is 11.8 Å². The van der Waals surface area contributed by atoms with Crippen molar-refractivity contribution in [1.29, 1.82) is 0 Å². The molecule has 2 aliphatic rings. The van der Waals surface area contributed by atoms with E-state index in [1.165, 1.54) is 42.5 Å². The molecule has 0 atom stereocenters. The van der Waals surface area contributed by atoms with Crippen LogP contribution in [0.1, 0.15) is 30.6 Å². The van der Waals surface area contributed by atoms with Gasteiger partial charge >= 0.3 is 0 Å². The van der Waals surface area contributed by atoms with Crippen LogP contribution in [0.3, 0.4) is 0 Å². The molecular formula is C15H20N4S. The summed E-state index contributed by atoms with van der Waals surface area (Å²) in [5.74, 6) is 2.78. The summed E-state index contributed by atoms with van der Waals surface area (Å²) >= 11 is 1.76. The van der Waals surface area contributed by atoms with Crippen molar-refractivity contribution in [3.63, 3.8) is 0 Å². The molecule has 20 heavy (non-hydrogen) atoms. The van der Waals surface area contributed by atoms with Gasteiger partial charge in [-0.05, 0) is 44.6 Å². The van der Waals surface area contributed by atoms with Crippen LogP contribution in [0.5, 0.6) is 0 Å². The molecule has 0 unspecified atom stereocenters. The van der Waals surface area contributed by atoms with Gasteiger partial charge in [0.1, 0.15) is 10.6 Å². The lowest BCUT2D eigenvalue weighted by Crippen LogP contribution is -2.29. The molecule has 0 saturated heterocycles. The minimum atomic E-state index is 0.707. The Balaban J connectivity index is 1.81. The topological polar surface area (TPSA) is 41.1 Å². The monoisotopic (exact) mass is 288 g/mol. The van der Waals surface area contributed by atoms with Crippen LogP contribution in [0.15, 0.2) is 6.07 Å². The summed E-state index contributed by atoms with van der Waals surface area (Å²) in [4.78, 5) is 14.4. The van der Waals surface area contributed by atoms with E-state index in [2.05, 4.69) is 28.2 Å². The standard InChI is InChI=1S/C15H20N4S/c1-9-7-12-13(17-15(16-2)18-14(12)20-9)19(11-5-6-11)8-10-3-4-10/h7,10-11H,3-6,8H2,1-2H3,(H,16,17,18). The summed E-state index contributed by atoms with van der Waals surface area (Å²) in [6, 6.07) is 2.95. The maximum Gasteiger partial charge on any atom is 0.225 e. The number of thiophene rings is 1. The van der Waals surface area contributed by atoms with Crippen molar-refractivity contribution in [3.05, 3.63) is 10.9 Å². The predicted molar refractivity (Wildman–Crippen MR) is 84.8 cm³/mol. The van der Waals surface area contributed by atoms with Crippen molar-refractivity contribution in [2.45, 2.75) is 38.6 Å². The van der Waals surface area contributed by atoms with Crippen LogP contribution >= 0.6 is 11.3 Å². The largest absolute Gasteiger partial charge is 0.357 e. The molecule has 1 N–H and O–H groups in total. The first-order valence-electron chi connectivity index (χ1n) is 7.47. The van der Waals surface area contributed by atoms with E-state index in [4.69, 9.17) is 4.98 Å². The molecule has 0 radical (unpaired) electrons. The molecule has 0 aliphatic heterocycles.